The number of carbonyl (C=O) groups excluding carboxylic acids is 1. The van der Waals surface area contributed by atoms with Gasteiger partial charge < -0.3 is 25.3 Å². The lowest BCUT2D eigenvalue weighted by Gasteiger charge is -2.30. The maximum Gasteiger partial charge on any atom is 0.243 e. The number of benzene rings is 1. The van der Waals surface area contributed by atoms with Gasteiger partial charge in [0.05, 0.1) is 28.8 Å². The molecule has 0 aliphatic carbocycles. The molecule has 2 aromatic heterocycles. The number of piperazine rings is 1. The molecule has 3 aromatic rings. The van der Waals surface area contributed by atoms with Crippen LogP contribution in [0.2, 0.25) is 0 Å². The van der Waals surface area contributed by atoms with E-state index in [1.54, 1.807) is 6.33 Å². The van der Waals surface area contributed by atoms with Crippen LogP contribution in [0.1, 0.15) is 18.9 Å². The normalized spacial score (nSPS) is 19.6. The molecule has 1 amide bonds. The summed E-state index contributed by atoms with van der Waals surface area (Å²) in [6.07, 6.45) is 1.87. The predicted octanol–water partition coefficient (Wildman–Crippen LogP) is 1.81. The van der Waals surface area contributed by atoms with Crippen molar-refractivity contribution in [2.24, 2.45) is 5.92 Å². The fourth-order valence-electron chi connectivity index (χ4n) is 4.34. The van der Waals surface area contributed by atoms with Crippen molar-refractivity contribution in [2.45, 2.75) is 19.4 Å². The van der Waals surface area contributed by atoms with E-state index in [0.717, 1.165) is 42.9 Å². The lowest BCUT2D eigenvalue weighted by atomic mass is 10.0. The van der Waals surface area contributed by atoms with E-state index < -0.39 is 0 Å². The van der Waals surface area contributed by atoms with Gasteiger partial charge in [0, 0.05) is 50.6 Å². The van der Waals surface area contributed by atoms with Gasteiger partial charge in [-0.15, -0.1) is 0 Å². The Balaban J connectivity index is 1.48. The number of imidazole rings is 1. The van der Waals surface area contributed by atoms with Crippen molar-refractivity contribution < 1.29 is 9.53 Å². The standard InChI is InChI=1S/C23H25N7O2/c1-14(17-9-21(31)26-12-17)32-23-22-19(27-13-28-22)10-18(29-23)15-2-3-20(16(8-15)11-24)30-6-4-25-5-7-30/h2-3,8,10,13-14,17,25H,4-7,9,12H2,1H3,(H,26,31)(H,27,28)/t14-,17-/m1/s1. The van der Waals surface area contributed by atoms with Crippen LogP contribution in [0.4, 0.5) is 5.69 Å². The summed E-state index contributed by atoms with van der Waals surface area (Å²) in [5.74, 6) is 0.562. The molecule has 4 heterocycles. The second-order valence-electron chi connectivity index (χ2n) is 8.28. The first-order chi connectivity index (χ1) is 15.6. The highest BCUT2D eigenvalue weighted by Crippen LogP contribution is 2.32. The number of aromatic amines is 1. The summed E-state index contributed by atoms with van der Waals surface area (Å²) < 4.78 is 6.19. The van der Waals surface area contributed by atoms with Crippen LogP contribution in [-0.4, -0.2) is 59.7 Å². The quantitative estimate of drug-likeness (QED) is 0.564. The number of nitriles is 1. The summed E-state index contributed by atoms with van der Waals surface area (Å²) >= 11 is 0. The van der Waals surface area contributed by atoms with Crippen LogP contribution in [0, 0.1) is 17.2 Å². The number of H-pyrrole nitrogens is 1. The summed E-state index contributed by atoms with van der Waals surface area (Å²) in [6, 6.07) is 10.1. The zero-order chi connectivity index (χ0) is 22.1. The lowest BCUT2D eigenvalue weighted by molar-refractivity contribution is -0.119. The predicted molar refractivity (Wildman–Crippen MR) is 120 cm³/mol. The molecule has 0 bridgehead atoms. The van der Waals surface area contributed by atoms with Gasteiger partial charge in [-0.3, -0.25) is 4.79 Å². The number of hydrogen-bond donors (Lipinski definition) is 3. The minimum atomic E-state index is -0.193. The maximum absolute atomic E-state index is 11.6. The smallest absolute Gasteiger partial charge is 0.243 e. The van der Waals surface area contributed by atoms with Gasteiger partial charge in [0.2, 0.25) is 11.8 Å². The Labute approximate surface area is 185 Å². The molecule has 0 radical (unpaired) electrons. The molecule has 2 aliphatic heterocycles. The van der Waals surface area contributed by atoms with Crippen LogP contribution in [0.5, 0.6) is 5.88 Å². The number of nitrogens with one attached hydrogen (secondary N) is 3. The number of fused-ring (bicyclic) bond motifs is 1. The van der Waals surface area contributed by atoms with Crippen molar-refractivity contribution >= 4 is 22.6 Å². The van der Waals surface area contributed by atoms with E-state index in [-0.39, 0.29) is 17.9 Å². The fourth-order valence-corrected chi connectivity index (χ4v) is 4.34. The van der Waals surface area contributed by atoms with E-state index in [2.05, 4.69) is 31.6 Å². The summed E-state index contributed by atoms with van der Waals surface area (Å²) in [6.45, 7) is 6.12. The number of ether oxygens (including phenoxy) is 1. The molecule has 2 fully saturated rings. The SMILES string of the molecule is C[C@@H](Oc1nc(-c2ccc(N3CCNCC3)c(C#N)c2)cc2[nH]cnc12)[C@H]1CNC(=O)C1. The van der Waals surface area contributed by atoms with E-state index in [9.17, 15) is 10.1 Å². The van der Waals surface area contributed by atoms with Crippen LogP contribution in [0.15, 0.2) is 30.6 Å². The zero-order valence-corrected chi connectivity index (χ0v) is 17.9. The van der Waals surface area contributed by atoms with Crippen LogP contribution < -0.4 is 20.3 Å². The van der Waals surface area contributed by atoms with Gasteiger partial charge in [0.1, 0.15) is 12.2 Å². The van der Waals surface area contributed by atoms with Crippen LogP contribution in [0.25, 0.3) is 22.3 Å². The highest BCUT2D eigenvalue weighted by Gasteiger charge is 2.29. The van der Waals surface area contributed by atoms with Gasteiger partial charge >= 0.3 is 0 Å². The number of carbonyl (C=O) groups is 1. The number of hydrogen-bond acceptors (Lipinski definition) is 7. The third-order valence-corrected chi connectivity index (χ3v) is 6.22. The van der Waals surface area contributed by atoms with Crippen molar-refractivity contribution in [1.29, 1.82) is 5.26 Å². The first kappa shape index (κ1) is 20.3. The van der Waals surface area contributed by atoms with E-state index >= 15 is 0 Å². The maximum atomic E-state index is 11.6. The van der Waals surface area contributed by atoms with Crippen molar-refractivity contribution in [1.82, 2.24) is 25.6 Å². The molecule has 0 saturated carbocycles. The van der Waals surface area contributed by atoms with E-state index in [0.29, 0.717) is 35.6 Å². The molecule has 0 spiro atoms. The van der Waals surface area contributed by atoms with Crippen LogP contribution in [0.3, 0.4) is 0 Å². The summed E-state index contributed by atoms with van der Waals surface area (Å²) in [5.41, 5.74) is 4.57. The van der Waals surface area contributed by atoms with Crippen LogP contribution >= 0.6 is 0 Å². The molecule has 9 nitrogen and oxygen atoms in total. The molecule has 2 saturated heterocycles. The molecule has 1 aromatic carbocycles. The van der Waals surface area contributed by atoms with Gasteiger partial charge in [-0.2, -0.15) is 5.26 Å². The molecule has 3 N–H and O–H groups in total. The lowest BCUT2D eigenvalue weighted by Crippen LogP contribution is -2.43. The second-order valence-corrected chi connectivity index (χ2v) is 8.28. The number of aromatic nitrogens is 3. The Morgan fingerprint density at radius 1 is 1.28 bits per heavy atom. The van der Waals surface area contributed by atoms with Gasteiger partial charge in [-0.05, 0) is 25.1 Å². The zero-order valence-electron chi connectivity index (χ0n) is 17.9. The van der Waals surface area contributed by atoms with Crippen LogP contribution in [-0.2, 0) is 4.79 Å². The molecule has 9 heteroatoms. The summed E-state index contributed by atoms with van der Waals surface area (Å²) in [5, 5.41) is 16.0. The largest absolute Gasteiger partial charge is 0.473 e. The Hall–Kier alpha value is -3.64. The molecule has 2 aliphatic rings. The van der Waals surface area contributed by atoms with E-state index in [1.807, 2.05) is 31.2 Å². The van der Waals surface area contributed by atoms with Gasteiger partial charge in [0.25, 0.3) is 0 Å². The van der Waals surface area contributed by atoms with Crippen molar-refractivity contribution in [3.63, 3.8) is 0 Å². The van der Waals surface area contributed by atoms with Gasteiger partial charge in [-0.1, -0.05) is 6.07 Å². The number of nitrogens with zero attached hydrogens (tertiary/aromatic N) is 4. The minimum absolute atomic E-state index is 0.0469. The minimum Gasteiger partial charge on any atom is -0.473 e. The first-order valence-corrected chi connectivity index (χ1v) is 10.9. The first-order valence-electron chi connectivity index (χ1n) is 10.9. The number of amides is 1. The number of anilines is 1. The fraction of sp³-hybridized carbons (Fsp3) is 0.391. The van der Waals surface area contributed by atoms with E-state index in [1.165, 1.54) is 0 Å². The molecule has 164 valence electrons. The molecular weight excluding hydrogens is 406 g/mol. The van der Waals surface area contributed by atoms with E-state index in [4.69, 9.17) is 9.72 Å². The Morgan fingerprint density at radius 3 is 2.88 bits per heavy atom. The number of rotatable bonds is 5. The molecule has 2 atom stereocenters. The monoisotopic (exact) mass is 431 g/mol. The van der Waals surface area contributed by atoms with Gasteiger partial charge in [0.15, 0.2) is 5.52 Å². The highest BCUT2D eigenvalue weighted by atomic mass is 16.5. The summed E-state index contributed by atoms with van der Waals surface area (Å²) in [4.78, 5) is 26.1. The third kappa shape index (κ3) is 3.85. The molecular formula is C23H25N7O2. The average molecular weight is 432 g/mol. The summed E-state index contributed by atoms with van der Waals surface area (Å²) in [7, 11) is 0. The third-order valence-electron chi connectivity index (χ3n) is 6.22. The average Bonchev–Trinajstić information content (AvgIpc) is 3.48. The number of pyridine rings is 1. The topological polar surface area (TPSA) is 119 Å². The molecule has 32 heavy (non-hydrogen) atoms. The Morgan fingerprint density at radius 2 is 2.12 bits per heavy atom. The molecule has 0 unspecified atom stereocenters. The Kier molecular flexibility index (Phi) is 5.37. The van der Waals surface area contributed by atoms with Crippen molar-refractivity contribution in [3.8, 4) is 23.2 Å². The van der Waals surface area contributed by atoms with Crippen molar-refractivity contribution in [3.05, 3.63) is 36.2 Å². The second kappa shape index (κ2) is 8.48. The van der Waals surface area contributed by atoms with Gasteiger partial charge in [-0.25, -0.2) is 9.97 Å². The van der Waals surface area contributed by atoms with Crippen molar-refractivity contribution in [2.75, 3.05) is 37.6 Å². The highest BCUT2D eigenvalue weighted by molar-refractivity contribution is 5.84. The molecule has 5 rings (SSSR count). The Bertz CT molecular complexity index is 1190.